The van der Waals surface area contributed by atoms with Gasteiger partial charge in [0.05, 0.1) is 26.2 Å². The van der Waals surface area contributed by atoms with Gasteiger partial charge in [0.15, 0.2) is 0 Å². The first-order valence-electron chi connectivity index (χ1n) is 3.12. The molecule has 0 aliphatic rings. The lowest BCUT2D eigenvalue weighted by Gasteiger charge is -2.04. The molecule has 0 saturated carbocycles. The van der Waals surface area contributed by atoms with Gasteiger partial charge < -0.3 is 14.8 Å². The van der Waals surface area contributed by atoms with Gasteiger partial charge in [-0.1, -0.05) is 0 Å². The molecule has 0 aromatic carbocycles. The van der Waals surface area contributed by atoms with Crippen LogP contribution in [-0.4, -0.2) is 43.8 Å². The van der Waals surface area contributed by atoms with E-state index in [4.69, 9.17) is 0 Å². The zero-order valence-corrected chi connectivity index (χ0v) is 7.18. The fourth-order valence-corrected chi connectivity index (χ4v) is 0.263. The van der Waals surface area contributed by atoms with Crippen molar-refractivity contribution in [1.82, 2.24) is 5.01 Å². The Balaban J connectivity index is 3.67. The molecule has 0 rings (SSSR count). The average molecular weight is 177 g/mol. The predicted molar refractivity (Wildman–Crippen MR) is 37.7 cm³/mol. The number of methoxy groups -OCH3 is 1. The Morgan fingerprint density at radius 3 is 2.67 bits per heavy atom. The number of rotatable bonds is 4. The lowest BCUT2D eigenvalue weighted by molar-refractivity contribution is -0.699. The molecule has 0 spiro atoms. The SMILES string of the molecule is COC(=O)CON=[N+]([O-])N(C)C. The molecule has 0 N–H and O–H groups in total. The first-order chi connectivity index (χ1) is 5.57. The molecule has 0 radical (unpaired) electrons. The van der Waals surface area contributed by atoms with Crippen molar-refractivity contribution in [2.75, 3.05) is 27.8 Å². The van der Waals surface area contributed by atoms with Crippen LogP contribution in [0.25, 0.3) is 0 Å². The van der Waals surface area contributed by atoms with Crippen molar-refractivity contribution < 1.29 is 19.3 Å². The predicted octanol–water partition coefficient (Wildman–Crippen LogP) is -0.470. The summed E-state index contributed by atoms with van der Waals surface area (Å²) in [7, 11) is 4.18. The highest BCUT2D eigenvalue weighted by molar-refractivity contribution is 5.70. The number of ether oxygens (including phenoxy) is 1. The van der Waals surface area contributed by atoms with Crippen molar-refractivity contribution in [2.45, 2.75) is 0 Å². The molecule has 0 amide bonds. The van der Waals surface area contributed by atoms with Gasteiger partial charge in [-0.3, -0.25) is 0 Å². The van der Waals surface area contributed by atoms with E-state index < -0.39 is 5.97 Å². The summed E-state index contributed by atoms with van der Waals surface area (Å²) in [6.45, 7) is -0.372. The van der Waals surface area contributed by atoms with Crippen LogP contribution < -0.4 is 0 Å². The number of esters is 1. The summed E-state index contributed by atoms with van der Waals surface area (Å²) in [5, 5.41) is 14.8. The van der Waals surface area contributed by atoms with E-state index in [0.29, 0.717) is 0 Å². The van der Waals surface area contributed by atoms with Crippen molar-refractivity contribution in [3.05, 3.63) is 5.21 Å². The molecule has 0 saturated heterocycles. The molecule has 0 aliphatic heterocycles. The van der Waals surface area contributed by atoms with Crippen LogP contribution in [-0.2, 0) is 14.4 Å². The number of nitrogens with zero attached hydrogens (tertiary/aromatic N) is 3. The second-order valence-electron chi connectivity index (χ2n) is 2.03. The molecule has 7 nitrogen and oxygen atoms in total. The molecule has 0 fully saturated rings. The Kier molecular flexibility index (Phi) is 4.51. The fourth-order valence-electron chi connectivity index (χ4n) is 0.263. The number of carbonyl (C=O) groups excluding carboxylic acids is 1. The minimum absolute atomic E-state index is 0.197. The third-order valence-corrected chi connectivity index (χ3v) is 0.880. The Morgan fingerprint density at radius 2 is 2.25 bits per heavy atom. The van der Waals surface area contributed by atoms with Crippen LogP contribution in [0.3, 0.4) is 0 Å². The zero-order chi connectivity index (χ0) is 9.56. The largest absolute Gasteiger partial charge is 0.569 e. The highest BCUT2D eigenvalue weighted by atomic mass is 16.7. The van der Waals surface area contributed by atoms with Crippen LogP contribution in [0.2, 0.25) is 0 Å². The molecule has 0 unspecified atom stereocenters. The molecule has 12 heavy (non-hydrogen) atoms. The number of hydrogen-bond acceptors (Lipinski definition) is 5. The smallest absolute Gasteiger partial charge is 0.346 e. The maximum atomic E-state index is 10.6. The van der Waals surface area contributed by atoms with Gasteiger partial charge in [-0.2, -0.15) is 5.01 Å². The minimum Gasteiger partial charge on any atom is -0.569 e. The van der Waals surface area contributed by atoms with Gasteiger partial charge in [0, 0.05) is 0 Å². The lowest BCUT2D eigenvalue weighted by atomic mass is 10.7. The van der Waals surface area contributed by atoms with Crippen LogP contribution in [0.1, 0.15) is 0 Å². The van der Waals surface area contributed by atoms with Crippen LogP contribution >= 0.6 is 0 Å². The molecule has 0 atom stereocenters. The van der Waals surface area contributed by atoms with Crippen LogP contribution in [0.4, 0.5) is 0 Å². The molecule has 0 aromatic rings. The molecule has 0 aliphatic carbocycles. The Bertz CT molecular complexity index is 180. The molecule has 0 bridgehead atoms. The number of hydrazine groups is 1. The van der Waals surface area contributed by atoms with Gasteiger partial charge in [0.1, 0.15) is 0 Å². The van der Waals surface area contributed by atoms with Crippen LogP contribution in [0.15, 0.2) is 5.28 Å². The van der Waals surface area contributed by atoms with Gasteiger partial charge in [-0.25, -0.2) is 4.79 Å². The maximum absolute atomic E-state index is 10.6. The van der Waals surface area contributed by atoms with Crippen molar-refractivity contribution in [3.63, 3.8) is 0 Å². The zero-order valence-electron chi connectivity index (χ0n) is 7.18. The fraction of sp³-hybridized carbons (Fsp3) is 0.800. The topological polar surface area (TPSA) is 77.2 Å². The van der Waals surface area contributed by atoms with Gasteiger partial charge in [-0.05, 0) is 0 Å². The minimum atomic E-state index is -0.592. The van der Waals surface area contributed by atoms with Crippen LogP contribution in [0.5, 0.6) is 0 Å². The monoisotopic (exact) mass is 177 g/mol. The summed E-state index contributed by atoms with van der Waals surface area (Å²) in [4.78, 5) is 15.0. The summed E-state index contributed by atoms with van der Waals surface area (Å²) >= 11 is 0. The summed E-state index contributed by atoms with van der Waals surface area (Å²) in [6.07, 6.45) is 0. The first kappa shape index (κ1) is 10.5. The van der Waals surface area contributed by atoms with Crippen LogP contribution in [0, 0.1) is 5.21 Å². The molecular formula is C5H11N3O4. The van der Waals surface area contributed by atoms with Gasteiger partial charge in [-0.15, -0.1) is 0 Å². The molecule has 70 valence electrons. The normalized spacial score (nSPS) is 10.8. The standard InChI is InChI=1S/C5H11N3O4/c1-7(2)8(10)6-12-4-5(9)11-3/h4H2,1-3H3. The number of hydrogen-bond donors (Lipinski definition) is 0. The quantitative estimate of drug-likeness (QED) is 0.251. The molecule has 7 heteroatoms. The Morgan fingerprint density at radius 1 is 1.67 bits per heavy atom. The van der Waals surface area contributed by atoms with E-state index in [0.717, 1.165) is 5.01 Å². The average Bonchev–Trinajstić information content (AvgIpc) is 2.03. The second-order valence-corrected chi connectivity index (χ2v) is 2.03. The van der Waals surface area contributed by atoms with Crippen molar-refractivity contribution in [2.24, 2.45) is 5.28 Å². The lowest BCUT2D eigenvalue weighted by Crippen LogP contribution is -2.21. The van der Waals surface area contributed by atoms with Crippen molar-refractivity contribution >= 4 is 5.97 Å². The Hall–Kier alpha value is -1.53. The second kappa shape index (κ2) is 5.16. The van der Waals surface area contributed by atoms with E-state index in [-0.39, 0.29) is 11.6 Å². The molecular weight excluding hydrogens is 166 g/mol. The summed E-state index contributed by atoms with van der Waals surface area (Å²) in [5.41, 5.74) is 0. The number of carbonyl (C=O) groups is 1. The van der Waals surface area contributed by atoms with Crippen molar-refractivity contribution in [1.29, 1.82) is 0 Å². The van der Waals surface area contributed by atoms with Gasteiger partial charge >= 0.3 is 5.97 Å². The first-order valence-corrected chi connectivity index (χ1v) is 3.12. The van der Waals surface area contributed by atoms with E-state index in [1.54, 1.807) is 0 Å². The van der Waals surface area contributed by atoms with Gasteiger partial charge in [0.25, 0.3) is 0 Å². The van der Waals surface area contributed by atoms with Crippen molar-refractivity contribution in [3.8, 4) is 0 Å². The highest BCUT2D eigenvalue weighted by Crippen LogP contribution is 1.83. The third kappa shape index (κ3) is 4.31. The Labute approximate surface area is 69.7 Å². The molecule has 0 heterocycles. The molecule has 0 aromatic heterocycles. The highest BCUT2D eigenvalue weighted by Gasteiger charge is 2.02. The van der Waals surface area contributed by atoms with E-state index in [1.165, 1.54) is 21.2 Å². The third-order valence-electron chi connectivity index (χ3n) is 0.880. The van der Waals surface area contributed by atoms with Gasteiger partial charge in [0.2, 0.25) is 11.9 Å². The van der Waals surface area contributed by atoms with E-state index >= 15 is 0 Å². The summed E-state index contributed by atoms with van der Waals surface area (Å²) in [6, 6.07) is 0. The van der Waals surface area contributed by atoms with E-state index in [2.05, 4.69) is 14.9 Å². The maximum Gasteiger partial charge on any atom is 0.346 e. The van der Waals surface area contributed by atoms with E-state index in [1.807, 2.05) is 0 Å². The van der Waals surface area contributed by atoms with E-state index in [9.17, 15) is 10.0 Å². The summed E-state index contributed by atoms with van der Waals surface area (Å²) < 4.78 is 4.23. The summed E-state index contributed by atoms with van der Waals surface area (Å²) in [5.74, 6) is -0.592.